The van der Waals surface area contributed by atoms with E-state index >= 15 is 0 Å². The van der Waals surface area contributed by atoms with Crippen molar-refractivity contribution in [2.24, 2.45) is 0 Å². The first-order valence-corrected chi connectivity index (χ1v) is 8.62. The number of esters is 1. The molecule has 6 nitrogen and oxygen atoms in total. The normalized spacial score (nSPS) is 10.8. The number of halogens is 4. The molecule has 1 heterocycles. The molecule has 0 aliphatic heterocycles. The maximum Gasteiger partial charge on any atom is 0.347 e. The molecule has 0 saturated carbocycles. The van der Waals surface area contributed by atoms with Crippen LogP contribution in [0.2, 0.25) is 0 Å². The van der Waals surface area contributed by atoms with Gasteiger partial charge in [-0.2, -0.15) is 5.10 Å². The third-order valence-electron chi connectivity index (χ3n) is 4.00. The topological polar surface area (TPSA) is 81.4 Å². The van der Waals surface area contributed by atoms with Crippen molar-refractivity contribution in [2.45, 2.75) is 13.5 Å². The summed E-state index contributed by atoms with van der Waals surface area (Å²) in [6.45, 7) is 0.844. The fourth-order valence-electron chi connectivity index (χ4n) is 2.82. The molecular weight excluding hydrogens is 408 g/mol. The Hall–Kier alpha value is -3.69. The summed E-state index contributed by atoms with van der Waals surface area (Å²) in [6, 6.07) is 4.75. The van der Waals surface area contributed by atoms with Crippen molar-refractivity contribution in [3.8, 4) is 17.0 Å². The lowest BCUT2D eigenvalue weighted by molar-refractivity contribution is 0.0519. The maximum absolute atomic E-state index is 13.6. The molecule has 1 aromatic heterocycles. The smallest absolute Gasteiger partial charge is 0.347 e. The molecule has 3 aromatic rings. The average Bonchev–Trinajstić information content (AvgIpc) is 2.62. The predicted octanol–water partition coefficient (Wildman–Crippen LogP) is 3.40. The number of aromatic nitrogens is 2. The fourth-order valence-corrected chi connectivity index (χ4v) is 2.82. The van der Waals surface area contributed by atoms with Gasteiger partial charge in [-0.3, -0.25) is 4.79 Å². The first kappa shape index (κ1) is 21.0. The molecular formula is C20H14F4N2O4. The summed E-state index contributed by atoms with van der Waals surface area (Å²) >= 11 is 0. The number of ether oxygens (including phenoxy) is 1. The fraction of sp³-hybridized carbons (Fsp3) is 0.150. The molecule has 0 bridgehead atoms. The van der Waals surface area contributed by atoms with E-state index in [2.05, 4.69) is 5.10 Å². The van der Waals surface area contributed by atoms with Gasteiger partial charge in [0.2, 0.25) is 0 Å². The molecule has 0 saturated heterocycles. The average molecular weight is 422 g/mol. The lowest BCUT2D eigenvalue weighted by Gasteiger charge is -2.13. The van der Waals surface area contributed by atoms with E-state index in [0.29, 0.717) is 16.8 Å². The van der Waals surface area contributed by atoms with Crippen LogP contribution in [-0.2, 0) is 11.3 Å². The van der Waals surface area contributed by atoms with Crippen LogP contribution >= 0.6 is 0 Å². The number of nitrogens with zero attached hydrogens (tertiary/aromatic N) is 2. The minimum Gasteiger partial charge on any atom is -0.505 e. The van der Waals surface area contributed by atoms with Gasteiger partial charge in [0.05, 0.1) is 13.2 Å². The van der Waals surface area contributed by atoms with Crippen LogP contribution in [0.3, 0.4) is 0 Å². The van der Waals surface area contributed by atoms with Crippen LogP contribution < -0.4 is 5.56 Å². The molecule has 0 aliphatic carbocycles. The lowest BCUT2D eigenvalue weighted by atomic mass is 10.1. The Morgan fingerprint density at radius 2 is 1.53 bits per heavy atom. The second kappa shape index (κ2) is 8.36. The van der Waals surface area contributed by atoms with Crippen LogP contribution in [0.1, 0.15) is 22.8 Å². The highest BCUT2D eigenvalue weighted by Crippen LogP contribution is 2.30. The van der Waals surface area contributed by atoms with E-state index in [-0.39, 0.29) is 17.7 Å². The van der Waals surface area contributed by atoms with Gasteiger partial charge < -0.3 is 9.84 Å². The van der Waals surface area contributed by atoms with Crippen LogP contribution in [0.5, 0.6) is 5.75 Å². The third-order valence-corrected chi connectivity index (χ3v) is 4.00. The summed E-state index contributed by atoms with van der Waals surface area (Å²) in [5.74, 6) is -5.93. The van der Waals surface area contributed by atoms with E-state index in [1.165, 1.54) is 6.92 Å². The minimum atomic E-state index is -1.19. The molecule has 0 aliphatic rings. The van der Waals surface area contributed by atoms with Gasteiger partial charge in [0, 0.05) is 17.7 Å². The highest BCUT2D eigenvalue weighted by atomic mass is 19.1. The molecule has 2 aromatic carbocycles. The van der Waals surface area contributed by atoms with Crippen molar-refractivity contribution in [3.05, 3.63) is 81.1 Å². The maximum atomic E-state index is 13.6. The van der Waals surface area contributed by atoms with E-state index in [4.69, 9.17) is 4.74 Å². The summed E-state index contributed by atoms with van der Waals surface area (Å²) in [6.07, 6.45) is 0. The molecule has 0 spiro atoms. The summed E-state index contributed by atoms with van der Waals surface area (Å²) in [5.41, 5.74) is -2.72. The zero-order valence-corrected chi connectivity index (χ0v) is 15.5. The standard InChI is InChI=1S/C20H14F4N2O4/c1-2-30-20(29)16-18(27)17(11-5-14(23)8-15(24)6-11)25-26(19(16)28)9-10-3-12(21)7-13(22)4-10/h3-8,27H,2,9H2,1H3. The van der Waals surface area contributed by atoms with E-state index in [0.717, 1.165) is 24.3 Å². The van der Waals surface area contributed by atoms with Gasteiger partial charge in [-0.15, -0.1) is 0 Å². The molecule has 0 radical (unpaired) electrons. The monoisotopic (exact) mass is 422 g/mol. The molecule has 3 rings (SSSR count). The van der Waals surface area contributed by atoms with Crippen molar-refractivity contribution in [1.82, 2.24) is 9.78 Å². The van der Waals surface area contributed by atoms with Gasteiger partial charge in [0.15, 0.2) is 11.3 Å². The summed E-state index contributed by atoms with van der Waals surface area (Å²) in [7, 11) is 0. The number of carbonyl (C=O) groups excluding carboxylic acids is 1. The molecule has 0 fully saturated rings. The first-order valence-electron chi connectivity index (χ1n) is 8.62. The first-order chi connectivity index (χ1) is 14.2. The van der Waals surface area contributed by atoms with Gasteiger partial charge in [0.1, 0.15) is 29.0 Å². The van der Waals surface area contributed by atoms with Crippen molar-refractivity contribution in [2.75, 3.05) is 6.61 Å². The molecule has 0 atom stereocenters. The van der Waals surface area contributed by atoms with Gasteiger partial charge in [-0.05, 0) is 36.8 Å². The van der Waals surface area contributed by atoms with Crippen molar-refractivity contribution >= 4 is 5.97 Å². The third kappa shape index (κ3) is 4.32. The largest absolute Gasteiger partial charge is 0.505 e. The van der Waals surface area contributed by atoms with E-state index in [1.807, 2.05) is 0 Å². The zero-order chi connectivity index (χ0) is 22.0. The van der Waals surface area contributed by atoms with Crippen LogP contribution in [0.15, 0.2) is 41.2 Å². The van der Waals surface area contributed by atoms with Gasteiger partial charge >= 0.3 is 5.97 Å². The predicted molar refractivity (Wildman–Crippen MR) is 96.9 cm³/mol. The highest BCUT2D eigenvalue weighted by Gasteiger charge is 2.25. The van der Waals surface area contributed by atoms with Gasteiger partial charge in [0.25, 0.3) is 5.56 Å². The second-order valence-electron chi connectivity index (χ2n) is 6.19. The Labute approximate surface area is 167 Å². The molecule has 156 valence electrons. The van der Waals surface area contributed by atoms with Crippen LogP contribution in [0, 0.1) is 23.3 Å². The Kier molecular flexibility index (Phi) is 5.86. The van der Waals surface area contributed by atoms with E-state index in [1.54, 1.807) is 0 Å². The summed E-state index contributed by atoms with van der Waals surface area (Å²) in [5, 5.41) is 14.3. The number of aromatic hydroxyl groups is 1. The number of carbonyl (C=O) groups is 1. The van der Waals surface area contributed by atoms with Gasteiger partial charge in [-0.1, -0.05) is 0 Å². The summed E-state index contributed by atoms with van der Waals surface area (Å²) in [4.78, 5) is 24.9. The van der Waals surface area contributed by atoms with Crippen LogP contribution in [-0.4, -0.2) is 27.5 Å². The van der Waals surface area contributed by atoms with Crippen molar-refractivity contribution < 1.29 is 32.2 Å². The lowest BCUT2D eigenvalue weighted by Crippen LogP contribution is -2.30. The quantitative estimate of drug-likeness (QED) is 0.504. The Morgan fingerprint density at radius 1 is 1.00 bits per heavy atom. The number of hydrogen-bond acceptors (Lipinski definition) is 5. The Balaban J connectivity index is 2.24. The van der Waals surface area contributed by atoms with Crippen LogP contribution in [0.25, 0.3) is 11.3 Å². The Morgan fingerprint density at radius 3 is 2.07 bits per heavy atom. The summed E-state index contributed by atoms with van der Waals surface area (Å²) < 4.78 is 59.7. The highest BCUT2D eigenvalue weighted by molar-refractivity contribution is 5.94. The Bertz CT molecular complexity index is 1150. The van der Waals surface area contributed by atoms with Crippen LogP contribution in [0.4, 0.5) is 17.6 Å². The second-order valence-corrected chi connectivity index (χ2v) is 6.19. The molecule has 0 amide bonds. The molecule has 0 unspecified atom stereocenters. The molecule has 10 heteroatoms. The van der Waals surface area contributed by atoms with E-state index < -0.39 is 58.3 Å². The number of hydrogen-bond donors (Lipinski definition) is 1. The molecule has 1 N–H and O–H groups in total. The minimum absolute atomic E-state index is 0.0148. The van der Waals surface area contributed by atoms with Crippen molar-refractivity contribution in [1.29, 1.82) is 0 Å². The number of benzene rings is 2. The SMILES string of the molecule is CCOC(=O)c1c(O)c(-c2cc(F)cc(F)c2)nn(Cc2cc(F)cc(F)c2)c1=O. The molecule has 30 heavy (non-hydrogen) atoms. The van der Waals surface area contributed by atoms with Crippen molar-refractivity contribution in [3.63, 3.8) is 0 Å². The van der Waals surface area contributed by atoms with Gasteiger partial charge in [-0.25, -0.2) is 27.0 Å². The number of rotatable bonds is 5. The zero-order valence-electron chi connectivity index (χ0n) is 15.5. The van der Waals surface area contributed by atoms with E-state index in [9.17, 15) is 32.3 Å².